The minimum absolute atomic E-state index is 0.0974. The standard InChI is InChI=1S/C8H18O2P/c1-4-5-6-7-11(9)10-8(2)3/h8H,4-7H2,1-3H3/q+1. The van der Waals surface area contributed by atoms with Gasteiger partial charge in [-0.1, -0.05) is 13.3 Å². The minimum Gasteiger partial charge on any atom is -0.144 e. The molecule has 2 nitrogen and oxygen atoms in total. The molecule has 0 aliphatic rings. The molecule has 66 valence electrons. The SMILES string of the molecule is CCCCC[P+](=O)OC(C)C. The molecule has 3 heteroatoms. The first-order chi connectivity index (χ1) is 5.16. The van der Waals surface area contributed by atoms with Crippen LogP contribution in [0.15, 0.2) is 0 Å². The van der Waals surface area contributed by atoms with E-state index in [1.54, 1.807) is 0 Å². The minimum atomic E-state index is -1.38. The van der Waals surface area contributed by atoms with Crippen LogP contribution in [0, 0.1) is 0 Å². The summed E-state index contributed by atoms with van der Waals surface area (Å²) >= 11 is 0. The summed E-state index contributed by atoms with van der Waals surface area (Å²) in [6.07, 6.45) is 4.17. The normalized spacial score (nSPS) is 12.2. The van der Waals surface area contributed by atoms with Crippen LogP contribution in [0.4, 0.5) is 0 Å². The van der Waals surface area contributed by atoms with Gasteiger partial charge in [-0.3, -0.25) is 0 Å². The molecule has 0 aliphatic heterocycles. The maximum atomic E-state index is 11.1. The van der Waals surface area contributed by atoms with Crippen LogP contribution in [0.2, 0.25) is 0 Å². The molecule has 0 saturated carbocycles. The highest BCUT2D eigenvalue weighted by Crippen LogP contribution is 2.25. The zero-order chi connectivity index (χ0) is 8.69. The van der Waals surface area contributed by atoms with E-state index in [2.05, 4.69) is 6.92 Å². The third-order valence-electron chi connectivity index (χ3n) is 1.27. The van der Waals surface area contributed by atoms with E-state index < -0.39 is 8.03 Å². The van der Waals surface area contributed by atoms with Crippen LogP contribution >= 0.6 is 8.03 Å². The molecule has 0 bridgehead atoms. The molecule has 0 aliphatic carbocycles. The third-order valence-corrected chi connectivity index (χ3v) is 2.61. The van der Waals surface area contributed by atoms with Crippen LogP contribution < -0.4 is 0 Å². The van der Waals surface area contributed by atoms with Crippen LogP contribution in [0.3, 0.4) is 0 Å². The van der Waals surface area contributed by atoms with Gasteiger partial charge in [0, 0.05) is 0 Å². The number of hydrogen-bond donors (Lipinski definition) is 0. The van der Waals surface area contributed by atoms with Gasteiger partial charge in [0.2, 0.25) is 0 Å². The van der Waals surface area contributed by atoms with Crippen LogP contribution in [-0.2, 0) is 9.09 Å². The van der Waals surface area contributed by atoms with Crippen LogP contribution in [0.5, 0.6) is 0 Å². The quantitative estimate of drug-likeness (QED) is 0.459. The van der Waals surface area contributed by atoms with Crippen LogP contribution in [-0.4, -0.2) is 12.3 Å². The van der Waals surface area contributed by atoms with Gasteiger partial charge < -0.3 is 0 Å². The van der Waals surface area contributed by atoms with Crippen molar-refractivity contribution in [1.82, 2.24) is 0 Å². The second-order valence-electron chi connectivity index (χ2n) is 2.92. The highest BCUT2D eigenvalue weighted by atomic mass is 31.1. The fourth-order valence-electron chi connectivity index (χ4n) is 0.779. The monoisotopic (exact) mass is 177 g/mol. The van der Waals surface area contributed by atoms with Crippen molar-refractivity contribution in [3.63, 3.8) is 0 Å². The second-order valence-corrected chi connectivity index (χ2v) is 4.24. The molecule has 0 fully saturated rings. The molecule has 11 heavy (non-hydrogen) atoms. The summed E-state index contributed by atoms with van der Waals surface area (Å²) in [4.78, 5) is 0. The van der Waals surface area contributed by atoms with Crippen LogP contribution in [0.25, 0.3) is 0 Å². The molecule has 1 unspecified atom stereocenters. The number of rotatable bonds is 6. The maximum Gasteiger partial charge on any atom is 0.508 e. The van der Waals surface area contributed by atoms with Crippen molar-refractivity contribution < 1.29 is 9.09 Å². The number of unbranched alkanes of at least 4 members (excludes halogenated alkanes) is 2. The summed E-state index contributed by atoms with van der Waals surface area (Å²) < 4.78 is 16.2. The predicted octanol–water partition coefficient (Wildman–Crippen LogP) is 3.34. The highest BCUT2D eigenvalue weighted by Gasteiger charge is 2.17. The van der Waals surface area contributed by atoms with E-state index in [1.165, 1.54) is 6.42 Å². The molecule has 0 saturated heterocycles. The lowest BCUT2D eigenvalue weighted by molar-refractivity contribution is 0.255. The summed E-state index contributed by atoms with van der Waals surface area (Å²) in [5.74, 6) is 0. The lowest BCUT2D eigenvalue weighted by atomic mass is 10.3. The van der Waals surface area contributed by atoms with E-state index in [0.29, 0.717) is 0 Å². The van der Waals surface area contributed by atoms with Gasteiger partial charge in [-0.15, -0.1) is 4.52 Å². The Kier molecular flexibility index (Phi) is 6.79. The van der Waals surface area contributed by atoms with Crippen molar-refractivity contribution >= 4 is 8.03 Å². The molecule has 0 heterocycles. The second kappa shape index (κ2) is 6.75. The van der Waals surface area contributed by atoms with Crippen molar-refractivity contribution in [2.45, 2.75) is 46.1 Å². The van der Waals surface area contributed by atoms with E-state index in [-0.39, 0.29) is 6.10 Å². The van der Waals surface area contributed by atoms with Crippen molar-refractivity contribution in [2.24, 2.45) is 0 Å². The first-order valence-corrected chi connectivity index (χ1v) is 5.64. The van der Waals surface area contributed by atoms with Crippen molar-refractivity contribution in [3.05, 3.63) is 0 Å². The summed E-state index contributed by atoms with van der Waals surface area (Å²) in [6, 6.07) is 0. The Morgan fingerprint density at radius 1 is 1.36 bits per heavy atom. The van der Waals surface area contributed by atoms with Gasteiger partial charge in [0.1, 0.15) is 6.10 Å². The van der Waals surface area contributed by atoms with Gasteiger partial charge in [-0.2, -0.15) is 0 Å². The average molecular weight is 177 g/mol. The molecule has 0 rings (SSSR count). The maximum absolute atomic E-state index is 11.1. The summed E-state index contributed by atoms with van der Waals surface area (Å²) in [5, 5.41) is 0. The third kappa shape index (κ3) is 7.96. The largest absolute Gasteiger partial charge is 0.508 e. The molecular weight excluding hydrogens is 159 g/mol. The Labute approximate surface area is 70.2 Å². The summed E-state index contributed by atoms with van der Waals surface area (Å²) in [5.41, 5.74) is 0. The lowest BCUT2D eigenvalue weighted by Crippen LogP contribution is -1.95. The number of hydrogen-bond acceptors (Lipinski definition) is 2. The van der Waals surface area contributed by atoms with Crippen molar-refractivity contribution in [2.75, 3.05) is 6.16 Å². The van der Waals surface area contributed by atoms with Crippen molar-refractivity contribution in [1.29, 1.82) is 0 Å². The molecule has 0 aromatic heterocycles. The van der Waals surface area contributed by atoms with E-state index in [9.17, 15) is 4.57 Å². The van der Waals surface area contributed by atoms with Crippen LogP contribution in [0.1, 0.15) is 40.0 Å². The van der Waals surface area contributed by atoms with E-state index in [1.807, 2.05) is 13.8 Å². The zero-order valence-corrected chi connectivity index (χ0v) is 8.56. The lowest BCUT2D eigenvalue weighted by Gasteiger charge is -1.93. The van der Waals surface area contributed by atoms with Gasteiger partial charge in [0.15, 0.2) is 6.16 Å². The zero-order valence-electron chi connectivity index (χ0n) is 7.67. The fraction of sp³-hybridized carbons (Fsp3) is 1.00. The highest BCUT2D eigenvalue weighted by molar-refractivity contribution is 7.39. The molecule has 0 aromatic carbocycles. The van der Waals surface area contributed by atoms with E-state index >= 15 is 0 Å². The van der Waals surface area contributed by atoms with Gasteiger partial charge >= 0.3 is 8.03 Å². The van der Waals surface area contributed by atoms with Gasteiger partial charge in [0.25, 0.3) is 0 Å². The van der Waals surface area contributed by atoms with E-state index in [0.717, 1.165) is 19.0 Å². The Balaban J connectivity index is 3.23. The molecule has 0 spiro atoms. The molecule has 0 amide bonds. The van der Waals surface area contributed by atoms with Gasteiger partial charge in [-0.25, -0.2) is 0 Å². The Bertz CT molecular complexity index is 113. The molecule has 0 N–H and O–H groups in total. The topological polar surface area (TPSA) is 26.3 Å². The molecule has 0 radical (unpaired) electrons. The van der Waals surface area contributed by atoms with Gasteiger partial charge in [-0.05, 0) is 31.3 Å². The Morgan fingerprint density at radius 3 is 2.45 bits per heavy atom. The van der Waals surface area contributed by atoms with Crippen molar-refractivity contribution in [3.8, 4) is 0 Å². The molecule has 0 aromatic rings. The first kappa shape index (κ1) is 11.1. The predicted molar refractivity (Wildman–Crippen MR) is 48.2 cm³/mol. The smallest absolute Gasteiger partial charge is 0.144 e. The summed E-state index contributed by atoms with van der Waals surface area (Å²) in [6.45, 7) is 5.95. The Morgan fingerprint density at radius 2 is 2.00 bits per heavy atom. The summed E-state index contributed by atoms with van der Waals surface area (Å²) in [7, 11) is -1.38. The van der Waals surface area contributed by atoms with Gasteiger partial charge in [0.05, 0.1) is 0 Å². The van der Waals surface area contributed by atoms with E-state index in [4.69, 9.17) is 4.52 Å². The fourth-order valence-corrected chi connectivity index (χ4v) is 1.84. The average Bonchev–Trinajstić information content (AvgIpc) is 1.86. The molecule has 1 atom stereocenters. The molecular formula is C8H18O2P+. The first-order valence-electron chi connectivity index (χ1n) is 4.28. The Hall–Kier alpha value is 0.0600.